The van der Waals surface area contributed by atoms with E-state index in [-0.39, 0.29) is 23.4 Å². The maximum atomic E-state index is 10.8. The van der Waals surface area contributed by atoms with Crippen LogP contribution < -0.4 is 0 Å². The van der Waals surface area contributed by atoms with Gasteiger partial charge in [-0.25, -0.2) is 0 Å². The highest BCUT2D eigenvalue weighted by Gasteiger charge is 2.19. The third-order valence-corrected chi connectivity index (χ3v) is 1.68. The highest BCUT2D eigenvalue weighted by Crippen LogP contribution is 2.15. The first-order valence-corrected chi connectivity index (χ1v) is 5.12. The molecule has 0 spiro atoms. The summed E-state index contributed by atoms with van der Waals surface area (Å²) in [6.45, 7) is 7.31. The van der Waals surface area contributed by atoms with Crippen LogP contribution in [0, 0.1) is 28.1 Å². The molecular weight excluding hydrogens is 204 g/mol. The van der Waals surface area contributed by atoms with Gasteiger partial charge in [0.1, 0.15) is 6.07 Å². The van der Waals surface area contributed by atoms with E-state index >= 15 is 0 Å². The van der Waals surface area contributed by atoms with Crippen molar-refractivity contribution in [3.63, 3.8) is 0 Å². The van der Waals surface area contributed by atoms with E-state index in [2.05, 4.69) is 0 Å². The van der Waals surface area contributed by atoms with E-state index in [1.807, 2.05) is 33.8 Å². The Morgan fingerprint density at radius 2 is 1.69 bits per heavy atom. The van der Waals surface area contributed by atoms with Crippen molar-refractivity contribution in [1.82, 2.24) is 0 Å². The first-order valence-electron chi connectivity index (χ1n) is 5.12. The van der Waals surface area contributed by atoms with Crippen molar-refractivity contribution in [3.05, 3.63) is 0 Å². The van der Waals surface area contributed by atoms with Crippen LogP contribution in [0.5, 0.6) is 0 Å². The molecule has 0 saturated heterocycles. The van der Waals surface area contributed by atoms with Crippen molar-refractivity contribution in [2.75, 3.05) is 0 Å². The lowest BCUT2D eigenvalue weighted by atomic mass is 9.89. The SMILES string of the molecule is CC(C)(C)C(=O)CC#N.CCCC(=O)C#N. The predicted octanol–water partition coefficient (Wildman–Crippen LogP) is 2.39. The molecule has 0 aliphatic rings. The number of ketones is 2. The summed E-state index contributed by atoms with van der Waals surface area (Å²) >= 11 is 0. The summed E-state index contributed by atoms with van der Waals surface area (Å²) in [5.74, 6) is -0.312. The molecule has 0 amide bonds. The van der Waals surface area contributed by atoms with Crippen LogP contribution in [-0.2, 0) is 9.59 Å². The smallest absolute Gasteiger partial charge is 0.231 e. The number of Topliss-reactive ketones (excluding diaryl/α,β-unsaturated/α-hetero) is 2. The standard InChI is InChI=1S/C7H11NO.C5H7NO/c1-7(2,3)6(9)4-5-8;1-2-3-5(7)4-6/h4H2,1-3H3;2-3H2,1H3. The molecule has 0 aliphatic carbocycles. The van der Waals surface area contributed by atoms with Gasteiger partial charge >= 0.3 is 0 Å². The van der Waals surface area contributed by atoms with Crippen LogP contribution in [-0.4, -0.2) is 11.6 Å². The molecular formula is C12H18N2O2. The van der Waals surface area contributed by atoms with E-state index < -0.39 is 0 Å². The van der Waals surface area contributed by atoms with Gasteiger partial charge in [0.05, 0.1) is 12.5 Å². The van der Waals surface area contributed by atoms with E-state index in [1.165, 1.54) is 6.07 Å². The van der Waals surface area contributed by atoms with Crippen LogP contribution in [0.2, 0.25) is 0 Å². The highest BCUT2D eigenvalue weighted by molar-refractivity contribution is 5.93. The second kappa shape index (κ2) is 8.61. The number of hydrogen-bond donors (Lipinski definition) is 0. The molecule has 0 heterocycles. The third kappa shape index (κ3) is 10.4. The number of rotatable bonds is 3. The van der Waals surface area contributed by atoms with Crippen LogP contribution in [0.1, 0.15) is 47.0 Å². The zero-order chi connectivity index (χ0) is 13.2. The van der Waals surface area contributed by atoms with Crippen LogP contribution in [0.25, 0.3) is 0 Å². The number of hydrogen-bond acceptors (Lipinski definition) is 4. The van der Waals surface area contributed by atoms with E-state index in [0.717, 1.165) is 6.42 Å². The first kappa shape index (κ1) is 16.7. The number of nitrogens with zero attached hydrogens (tertiary/aromatic N) is 2. The average molecular weight is 222 g/mol. The third-order valence-electron chi connectivity index (χ3n) is 1.68. The first-order chi connectivity index (χ1) is 7.29. The minimum atomic E-state index is -0.351. The number of carbonyl (C=O) groups excluding carboxylic acids is 2. The molecule has 0 aliphatic heterocycles. The number of carbonyl (C=O) groups is 2. The van der Waals surface area contributed by atoms with Crippen molar-refractivity contribution in [2.45, 2.75) is 47.0 Å². The number of nitriles is 2. The minimum absolute atomic E-state index is 0.00463. The molecule has 88 valence electrons. The molecule has 16 heavy (non-hydrogen) atoms. The molecule has 0 aromatic heterocycles. The fourth-order valence-electron chi connectivity index (χ4n) is 0.620. The largest absolute Gasteiger partial charge is 0.298 e. The Kier molecular flexibility index (Phi) is 9.01. The molecule has 4 nitrogen and oxygen atoms in total. The van der Waals surface area contributed by atoms with E-state index in [9.17, 15) is 9.59 Å². The summed E-state index contributed by atoms with van der Waals surface area (Å²) in [5.41, 5.74) is -0.351. The Hall–Kier alpha value is -1.68. The molecule has 0 rings (SSSR count). The van der Waals surface area contributed by atoms with Gasteiger partial charge in [-0.05, 0) is 6.42 Å². The van der Waals surface area contributed by atoms with Crippen molar-refractivity contribution < 1.29 is 9.59 Å². The zero-order valence-electron chi connectivity index (χ0n) is 10.3. The fraction of sp³-hybridized carbons (Fsp3) is 0.667. The van der Waals surface area contributed by atoms with Crippen LogP contribution in [0.15, 0.2) is 0 Å². The fourth-order valence-corrected chi connectivity index (χ4v) is 0.620. The molecule has 0 atom stereocenters. The van der Waals surface area contributed by atoms with Gasteiger partial charge < -0.3 is 0 Å². The average Bonchev–Trinajstić information content (AvgIpc) is 2.18. The summed E-state index contributed by atoms with van der Waals surface area (Å²) in [4.78, 5) is 20.9. The Morgan fingerprint density at radius 3 is 1.81 bits per heavy atom. The minimum Gasteiger partial charge on any atom is -0.298 e. The highest BCUT2D eigenvalue weighted by atomic mass is 16.1. The normalized spacial score (nSPS) is 9.12. The van der Waals surface area contributed by atoms with Gasteiger partial charge in [0.15, 0.2) is 5.78 Å². The van der Waals surface area contributed by atoms with Crippen LogP contribution in [0.3, 0.4) is 0 Å². The lowest BCUT2D eigenvalue weighted by Gasteiger charge is -2.13. The Labute approximate surface area is 96.9 Å². The molecule has 0 unspecified atom stereocenters. The van der Waals surface area contributed by atoms with Gasteiger partial charge in [0.25, 0.3) is 0 Å². The summed E-state index contributed by atoms with van der Waals surface area (Å²) in [6, 6.07) is 3.35. The van der Waals surface area contributed by atoms with Gasteiger partial charge in [-0.2, -0.15) is 10.5 Å². The molecule has 0 aromatic carbocycles. The maximum Gasteiger partial charge on any atom is 0.231 e. The van der Waals surface area contributed by atoms with Crippen LogP contribution >= 0.6 is 0 Å². The summed E-state index contributed by atoms with van der Waals surface area (Å²) < 4.78 is 0. The van der Waals surface area contributed by atoms with Crippen molar-refractivity contribution in [1.29, 1.82) is 10.5 Å². The van der Waals surface area contributed by atoms with Gasteiger partial charge in [-0.3, -0.25) is 9.59 Å². The molecule has 4 heteroatoms. The van der Waals surface area contributed by atoms with E-state index in [1.54, 1.807) is 0 Å². The summed E-state index contributed by atoms with van der Waals surface area (Å²) in [7, 11) is 0. The monoisotopic (exact) mass is 222 g/mol. The lowest BCUT2D eigenvalue weighted by molar-refractivity contribution is -0.125. The lowest BCUT2D eigenvalue weighted by Crippen LogP contribution is -2.18. The second-order valence-corrected chi connectivity index (χ2v) is 4.29. The maximum absolute atomic E-state index is 10.8. The summed E-state index contributed by atoms with van der Waals surface area (Å²) in [6.07, 6.45) is 1.20. The quantitative estimate of drug-likeness (QED) is 0.686. The predicted molar refractivity (Wildman–Crippen MR) is 60.2 cm³/mol. The van der Waals surface area contributed by atoms with Gasteiger partial charge in [0.2, 0.25) is 5.78 Å². The molecule has 0 saturated carbocycles. The molecule has 0 radical (unpaired) electrons. The molecule has 0 fully saturated rings. The van der Waals surface area contributed by atoms with Crippen LogP contribution in [0.4, 0.5) is 0 Å². The molecule has 0 N–H and O–H groups in total. The van der Waals surface area contributed by atoms with Crippen molar-refractivity contribution in [2.24, 2.45) is 5.41 Å². The Balaban J connectivity index is 0. The topological polar surface area (TPSA) is 81.7 Å². The Morgan fingerprint density at radius 1 is 1.19 bits per heavy atom. The molecule has 0 aromatic rings. The van der Waals surface area contributed by atoms with E-state index in [0.29, 0.717) is 6.42 Å². The summed E-state index contributed by atoms with van der Waals surface area (Å²) in [5, 5.41) is 16.0. The van der Waals surface area contributed by atoms with Crippen molar-refractivity contribution >= 4 is 11.6 Å². The van der Waals surface area contributed by atoms with Gasteiger partial charge in [-0.15, -0.1) is 0 Å². The van der Waals surface area contributed by atoms with Gasteiger partial charge in [0, 0.05) is 11.8 Å². The van der Waals surface area contributed by atoms with E-state index in [4.69, 9.17) is 10.5 Å². The molecule has 0 bridgehead atoms. The van der Waals surface area contributed by atoms with Gasteiger partial charge in [-0.1, -0.05) is 27.7 Å². The zero-order valence-corrected chi connectivity index (χ0v) is 10.3. The van der Waals surface area contributed by atoms with Crippen molar-refractivity contribution in [3.8, 4) is 12.1 Å². The Bertz CT molecular complexity index is 313. The second-order valence-electron chi connectivity index (χ2n) is 4.29.